The summed E-state index contributed by atoms with van der Waals surface area (Å²) >= 11 is 0. The smallest absolute Gasteiger partial charge is 0.278 e. The zero-order chi connectivity index (χ0) is 20.5. The molecule has 148 valence electrons. The Balaban J connectivity index is 1.66. The quantitative estimate of drug-likeness (QED) is 0.711. The number of aromatic hydroxyl groups is 1. The normalized spacial score (nSPS) is 15.5. The summed E-state index contributed by atoms with van der Waals surface area (Å²) in [5.41, 5.74) is 1.40. The van der Waals surface area contributed by atoms with Crippen molar-refractivity contribution < 1.29 is 19.1 Å². The average Bonchev–Trinajstić information content (AvgIpc) is 3.08. The number of halogens is 1. The lowest BCUT2D eigenvalue weighted by Gasteiger charge is -2.25. The molecule has 0 saturated carbocycles. The first-order valence-corrected chi connectivity index (χ1v) is 9.10. The summed E-state index contributed by atoms with van der Waals surface area (Å²) in [5, 5.41) is 17.6. The Hall–Kier alpha value is -3.68. The molecule has 1 atom stereocenters. The lowest BCUT2D eigenvalue weighted by atomic mass is 10.1. The summed E-state index contributed by atoms with van der Waals surface area (Å²) in [5.74, 6) is -1.82. The second kappa shape index (κ2) is 7.38. The monoisotopic (exact) mass is 394 g/mol. The van der Waals surface area contributed by atoms with Crippen LogP contribution in [0.4, 0.5) is 4.39 Å². The number of hydrogen-bond donors (Lipinski definition) is 2. The third-order valence-corrected chi connectivity index (χ3v) is 4.92. The molecule has 2 aromatic carbocycles. The summed E-state index contributed by atoms with van der Waals surface area (Å²) in [6.45, 7) is 0.505. The Kier molecular flexibility index (Phi) is 4.75. The summed E-state index contributed by atoms with van der Waals surface area (Å²) in [6, 6.07) is 14.9. The molecule has 0 spiro atoms. The van der Waals surface area contributed by atoms with Gasteiger partial charge in [0.15, 0.2) is 17.1 Å². The number of rotatable bonds is 4. The average molecular weight is 394 g/mol. The SMILES string of the molecule is CN(Cc1ccc(F)cc1)C(=O)c1nn2c(c1O)C(=O)NCC2c1ccccc1. The van der Waals surface area contributed by atoms with Gasteiger partial charge in [0, 0.05) is 20.1 Å². The van der Waals surface area contributed by atoms with E-state index in [-0.39, 0.29) is 29.8 Å². The molecule has 3 aromatic rings. The van der Waals surface area contributed by atoms with Crippen molar-refractivity contribution >= 4 is 11.8 Å². The topological polar surface area (TPSA) is 87.5 Å². The molecule has 1 aliphatic rings. The minimum absolute atomic E-state index is 0.0383. The molecule has 29 heavy (non-hydrogen) atoms. The van der Waals surface area contributed by atoms with E-state index in [1.54, 1.807) is 19.2 Å². The van der Waals surface area contributed by atoms with Gasteiger partial charge < -0.3 is 15.3 Å². The zero-order valence-electron chi connectivity index (χ0n) is 15.7. The molecule has 7 nitrogen and oxygen atoms in total. The van der Waals surface area contributed by atoms with E-state index in [4.69, 9.17) is 0 Å². The molecule has 0 radical (unpaired) electrons. The molecule has 2 amide bonds. The zero-order valence-corrected chi connectivity index (χ0v) is 15.7. The predicted molar refractivity (Wildman–Crippen MR) is 103 cm³/mol. The highest BCUT2D eigenvalue weighted by Gasteiger charge is 2.35. The van der Waals surface area contributed by atoms with Gasteiger partial charge in [-0.25, -0.2) is 9.07 Å². The number of nitrogens with one attached hydrogen (secondary N) is 1. The van der Waals surface area contributed by atoms with Gasteiger partial charge in [0.1, 0.15) is 5.82 Å². The van der Waals surface area contributed by atoms with Crippen molar-refractivity contribution in [1.82, 2.24) is 20.0 Å². The fourth-order valence-corrected chi connectivity index (χ4v) is 3.42. The van der Waals surface area contributed by atoms with E-state index in [0.717, 1.165) is 11.1 Å². The lowest BCUT2D eigenvalue weighted by molar-refractivity contribution is 0.0774. The van der Waals surface area contributed by atoms with E-state index >= 15 is 0 Å². The van der Waals surface area contributed by atoms with E-state index in [9.17, 15) is 19.1 Å². The molecule has 1 aromatic heterocycles. The Morgan fingerprint density at radius 1 is 1.24 bits per heavy atom. The van der Waals surface area contributed by atoms with Gasteiger partial charge in [0.05, 0.1) is 6.04 Å². The molecule has 0 fully saturated rings. The lowest BCUT2D eigenvalue weighted by Crippen LogP contribution is -2.39. The second-order valence-electron chi connectivity index (χ2n) is 6.91. The molecule has 2 heterocycles. The summed E-state index contributed by atoms with van der Waals surface area (Å²) in [7, 11) is 1.55. The predicted octanol–water partition coefficient (Wildman–Crippen LogP) is 2.33. The van der Waals surface area contributed by atoms with Crippen molar-refractivity contribution in [1.29, 1.82) is 0 Å². The standard InChI is InChI=1S/C21H19FN4O3/c1-25(12-13-7-9-15(22)10-8-13)21(29)17-19(27)18-20(28)23-11-16(26(18)24-17)14-5-3-2-4-6-14/h2-10,16,27H,11-12H2,1H3,(H,23,28). The number of fused-ring (bicyclic) bond motifs is 1. The van der Waals surface area contributed by atoms with Gasteiger partial charge in [0.2, 0.25) is 0 Å². The minimum atomic E-state index is -0.534. The van der Waals surface area contributed by atoms with Crippen molar-refractivity contribution in [3.8, 4) is 5.75 Å². The first kappa shape index (κ1) is 18.7. The number of amides is 2. The second-order valence-corrected chi connectivity index (χ2v) is 6.91. The maximum absolute atomic E-state index is 13.1. The van der Waals surface area contributed by atoms with Crippen LogP contribution in [0, 0.1) is 5.82 Å². The van der Waals surface area contributed by atoms with Crippen LogP contribution in [0.25, 0.3) is 0 Å². The molecule has 0 aliphatic carbocycles. The van der Waals surface area contributed by atoms with E-state index in [0.29, 0.717) is 6.54 Å². The van der Waals surface area contributed by atoms with Crippen molar-refractivity contribution in [2.75, 3.05) is 13.6 Å². The van der Waals surface area contributed by atoms with E-state index in [1.807, 2.05) is 30.3 Å². The van der Waals surface area contributed by atoms with Crippen LogP contribution in [0.5, 0.6) is 5.75 Å². The van der Waals surface area contributed by atoms with Gasteiger partial charge in [-0.2, -0.15) is 5.10 Å². The molecule has 0 saturated heterocycles. The highest BCUT2D eigenvalue weighted by Crippen LogP contribution is 2.31. The molecule has 4 rings (SSSR count). The molecule has 1 unspecified atom stereocenters. The van der Waals surface area contributed by atoms with Crippen LogP contribution in [0.15, 0.2) is 54.6 Å². The van der Waals surface area contributed by atoms with Gasteiger partial charge in [0.25, 0.3) is 11.8 Å². The highest BCUT2D eigenvalue weighted by atomic mass is 19.1. The Bertz CT molecular complexity index is 1060. The summed E-state index contributed by atoms with van der Waals surface area (Å²) < 4.78 is 14.5. The number of hydrogen-bond acceptors (Lipinski definition) is 4. The Labute approximate surface area is 166 Å². The number of carbonyl (C=O) groups is 2. The number of carbonyl (C=O) groups excluding carboxylic acids is 2. The summed E-state index contributed by atoms with van der Waals surface area (Å²) in [4.78, 5) is 26.6. The summed E-state index contributed by atoms with van der Waals surface area (Å²) in [6.07, 6.45) is 0. The maximum Gasteiger partial charge on any atom is 0.278 e. The Morgan fingerprint density at radius 2 is 1.93 bits per heavy atom. The molecule has 2 N–H and O–H groups in total. The van der Waals surface area contributed by atoms with Gasteiger partial charge in [-0.3, -0.25) is 9.59 Å². The fourth-order valence-electron chi connectivity index (χ4n) is 3.42. The van der Waals surface area contributed by atoms with Gasteiger partial charge >= 0.3 is 0 Å². The van der Waals surface area contributed by atoms with Crippen LogP contribution in [-0.4, -0.2) is 45.2 Å². The van der Waals surface area contributed by atoms with Gasteiger partial charge in [-0.05, 0) is 23.3 Å². The fraction of sp³-hybridized carbons (Fsp3) is 0.190. The van der Waals surface area contributed by atoms with Crippen LogP contribution in [-0.2, 0) is 6.54 Å². The van der Waals surface area contributed by atoms with Crippen molar-refractivity contribution in [3.05, 3.63) is 82.9 Å². The number of nitrogens with zero attached hydrogens (tertiary/aromatic N) is 3. The highest BCUT2D eigenvalue weighted by molar-refractivity contribution is 6.02. The maximum atomic E-state index is 13.1. The molecule has 8 heteroatoms. The van der Waals surface area contributed by atoms with Crippen LogP contribution in [0.2, 0.25) is 0 Å². The molecule has 1 aliphatic heterocycles. The van der Waals surface area contributed by atoms with Crippen molar-refractivity contribution in [3.63, 3.8) is 0 Å². The van der Waals surface area contributed by atoms with Crippen LogP contribution >= 0.6 is 0 Å². The van der Waals surface area contributed by atoms with E-state index in [1.165, 1.54) is 21.7 Å². The molecule has 0 bridgehead atoms. The first-order chi connectivity index (χ1) is 14.0. The largest absolute Gasteiger partial charge is 0.504 e. The Morgan fingerprint density at radius 3 is 2.62 bits per heavy atom. The van der Waals surface area contributed by atoms with Crippen molar-refractivity contribution in [2.45, 2.75) is 12.6 Å². The first-order valence-electron chi connectivity index (χ1n) is 9.10. The van der Waals surface area contributed by atoms with Crippen LogP contribution in [0.1, 0.15) is 38.1 Å². The van der Waals surface area contributed by atoms with Crippen LogP contribution < -0.4 is 5.32 Å². The number of aromatic nitrogens is 2. The third-order valence-electron chi connectivity index (χ3n) is 4.92. The van der Waals surface area contributed by atoms with E-state index in [2.05, 4.69) is 10.4 Å². The van der Waals surface area contributed by atoms with Gasteiger partial charge in [-0.1, -0.05) is 42.5 Å². The third kappa shape index (κ3) is 3.44. The molecular weight excluding hydrogens is 375 g/mol. The number of benzene rings is 2. The van der Waals surface area contributed by atoms with Crippen LogP contribution in [0.3, 0.4) is 0 Å². The van der Waals surface area contributed by atoms with Gasteiger partial charge in [-0.15, -0.1) is 0 Å². The minimum Gasteiger partial charge on any atom is -0.504 e. The molecular formula is C21H19FN4O3. The van der Waals surface area contributed by atoms with Crippen molar-refractivity contribution in [2.24, 2.45) is 0 Å². The van der Waals surface area contributed by atoms with E-state index < -0.39 is 17.6 Å².